The lowest BCUT2D eigenvalue weighted by Crippen LogP contribution is -2.46. The summed E-state index contributed by atoms with van der Waals surface area (Å²) in [5.41, 5.74) is 4.14. The molecule has 0 aliphatic carbocycles. The van der Waals surface area contributed by atoms with Crippen molar-refractivity contribution in [3.63, 3.8) is 0 Å². The summed E-state index contributed by atoms with van der Waals surface area (Å²) in [6.45, 7) is 8.64. The van der Waals surface area contributed by atoms with Crippen LogP contribution in [-0.4, -0.2) is 40.2 Å². The Hall–Kier alpha value is -2.75. The molecule has 10 heteroatoms. The van der Waals surface area contributed by atoms with Gasteiger partial charge in [0.2, 0.25) is 11.8 Å². The van der Waals surface area contributed by atoms with E-state index in [1.807, 2.05) is 0 Å². The van der Waals surface area contributed by atoms with E-state index in [0.29, 0.717) is 17.9 Å². The minimum atomic E-state index is -1.14. The van der Waals surface area contributed by atoms with Crippen LogP contribution in [0.25, 0.3) is 0 Å². The first-order chi connectivity index (χ1) is 13.8. The van der Waals surface area contributed by atoms with Crippen LogP contribution in [0, 0.1) is 11.3 Å². The maximum absolute atomic E-state index is 12.7. The molecule has 1 atom stereocenters. The number of hydrogen-bond donors (Lipinski definition) is 5. The van der Waals surface area contributed by atoms with Gasteiger partial charge in [-0.1, -0.05) is 20.8 Å². The minimum absolute atomic E-state index is 0.236. The predicted molar refractivity (Wildman–Crippen MR) is 114 cm³/mol. The van der Waals surface area contributed by atoms with E-state index >= 15 is 0 Å². The Morgan fingerprint density at radius 3 is 2.43 bits per heavy atom. The van der Waals surface area contributed by atoms with Gasteiger partial charge in [0.25, 0.3) is 5.91 Å². The zero-order valence-electron chi connectivity index (χ0n) is 17.7. The van der Waals surface area contributed by atoms with Gasteiger partial charge in [-0.05, 0) is 38.5 Å². The quantitative estimate of drug-likeness (QED) is 0.460. The Labute approximate surface area is 179 Å². The van der Waals surface area contributed by atoms with Crippen LogP contribution in [0.4, 0.5) is 10.5 Å². The van der Waals surface area contributed by atoms with Crippen molar-refractivity contribution in [2.45, 2.75) is 51.5 Å². The van der Waals surface area contributed by atoms with Gasteiger partial charge in [0.1, 0.15) is 0 Å². The number of carbonyl (C=O) groups is 4. The molecular formula is C20H28N4O5S. The molecule has 0 bridgehead atoms. The van der Waals surface area contributed by atoms with E-state index in [1.54, 1.807) is 52.8 Å². The number of hydrazine groups is 1. The molecule has 1 aliphatic rings. The van der Waals surface area contributed by atoms with E-state index in [0.717, 1.165) is 4.90 Å². The fourth-order valence-corrected chi connectivity index (χ4v) is 3.96. The highest BCUT2D eigenvalue weighted by molar-refractivity contribution is 7.99. The molecule has 5 N–H and O–H groups in total. The van der Waals surface area contributed by atoms with Crippen molar-refractivity contribution in [1.29, 1.82) is 0 Å². The second kappa shape index (κ2) is 8.95. The van der Waals surface area contributed by atoms with Gasteiger partial charge < -0.3 is 15.7 Å². The van der Waals surface area contributed by atoms with Crippen molar-refractivity contribution >= 4 is 41.3 Å². The lowest BCUT2D eigenvalue weighted by Gasteiger charge is -2.28. The van der Waals surface area contributed by atoms with Crippen molar-refractivity contribution in [3.05, 3.63) is 23.8 Å². The molecule has 0 aromatic heterocycles. The zero-order chi connectivity index (χ0) is 22.7. The topological polar surface area (TPSA) is 137 Å². The highest BCUT2D eigenvalue weighted by Crippen LogP contribution is 2.35. The van der Waals surface area contributed by atoms with Crippen LogP contribution in [0.5, 0.6) is 0 Å². The van der Waals surface area contributed by atoms with E-state index in [4.69, 9.17) is 5.11 Å². The number of fused-ring (bicyclic) bond motifs is 1. The Balaban J connectivity index is 2.08. The molecule has 0 saturated heterocycles. The van der Waals surface area contributed by atoms with Crippen LogP contribution in [0.15, 0.2) is 23.1 Å². The monoisotopic (exact) mass is 436 g/mol. The lowest BCUT2D eigenvalue weighted by molar-refractivity contribution is -0.129. The maximum Gasteiger partial charge on any atom is 0.405 e. The minimum Gasteiger partial charge on any atom is -0.465 e. The van der Waals surface area contributed by atoms with E-state index in [1.165, 1.54) is 11.8 Å². The number of nitrogens with one attached hydrogen (secondary N) is 4. The largest absolute Gasteiger partial charge is 0.465 e. The van der Waals surface area contributed by atoms with E-state index in [9.17, 15) is 19.2 Å². The molecule has 164 valence electrons. The van der Waals surface area contributed by atoms with Crippen molar-refractivity contribution in [2.24, 2.45) is 11.3 Å². The SMILES string of the molecule is CC(C)(C[C@H]1CSc2ccc(C(=O)NNC(=O)C(C)(C)C)cc2NC1=O)NC(=O)O. The lowest BCUT2D eigenvalue weighted by atomic mass is 9.91. The van der Waals surface area contributed by atoms with Gasteiger partial charge in [-0.15, -0.1) is 11.8 Å². The average molecular weight is 437 g/mol. The van der Waals surface area contributed by atoms with Gasteiger partial charge in [-0.3, -0.25) is 25.2 Å². The Bertz CT molecular complexity index is 863. The van der Waals surface area contributed by atoms with Crippen LogP contribution in [-0.2, 0) is 9.59 Å². The number of carbonyl (C=O) groups excluding carboxylic acids is 3. The van der Waals surface area contributed by atoms with Gasteiger partial charge in [0, 0.05) is 33.1 Å². The normalized spacial score (nSPS) is 16.6. The van der Waals surface area contributed by atoms with Gasteiger partial charge in [-0.25, -0.2) is 4.79 Å². The number of amides is 4. The van der Waals surface area contributed by atoms with E-state index in [2.05, 4.69) is 21.5 Å². The summed E-state index contributed by atoms with van der Waals surface area (Å²) in [7, 11) is 0. The second-order valence-corrected chi connectivity index (χ2v) is 9.95. The molecule has 2 rings (SSSR count). The van der Waals surface area contributed by atoms with Crippen LogP contribution in [0.2, 0.25) is 0 Å². The molecule has 1 aromatic carbocycles. The molecular weight excluding hydrogens is 408 g/mol. The number of rotatable bonds is 4. The first-order valence-corrected chi connectivity index (χ1v) is 10.5. The fraction of sp³-hybridized carbons (Fsp3) is 0.500. The maximum atomic E-state index is 12.7. The average Bonchev–Trinajstić information content (AvgIpc) is 2.75. The molecule has 0 fully saturated rings. The predicted octanol–water partition coefficient (Wildman–Crippen LogP) is 2.59. The van der Waals surface area contributed by atoms with Crippen LogP contribution in [0.3, 0.4) is 0 Å². The van der Waals surface area contributed by atoms with Crippen molar-refractivity contribution in [3.8, 4) is 0 Å². The fourth-order valence-electron chi connectivity index (χ4n) is 2.88. The number of anilines is 1. The standard InChI is InChI=1S/C20H28N4O5S/c1-19(2,3)17(27)24-23-16(26)11-6-7-14-13(8-11)21-15(25)12(10-30-14)9-20(4,5)22-18(28)29/h6-8,12,22H,9-10H2,1-5H3,(H,21,25)(H,23,26)(H,24,27)(H,28,29)/t12-/m0/s1. The Morgan fingerprint density at radius 1 is 1.17 bits per heavy atom. The summed E-state index contributed by atoms with van der Waals surface area (Å²) in [4.78, 5) is 48.7. The molecule has 1 aromatic rings. The highest BCUT2D eigenvalue weighted by atomic mass is 32.2. The molecule has 0 saturated carbocycles. The van der Waals surface area contributed by atoms with Crippen LogP contribution < -0.4 is 21.5 Å². The van der Waals surface area contributed by atoms with Crippen molar-refractivity contribution < 1.29 is 24.3 Å². The number of benzene rings is 1. The molecule has 4 amide bonds. The first kappa shape index (κ1) is 23.5. The van der Waals surface area contributed by atoms with E-state index in [-0.39, 0.29) is 17.4 Å². The molecule has 30 heavy (non-hydrogen) atoms. The third-order valence-electron chi connectivity index (χ3n) is 4.48. The summed E-state index contributed by atoms with van der Waals surface area (Å²) in [5, 5.41) is 14.2. The van der Waals surface area contributed by atoms with Crippen LogP contribution >= 0.6 is 11.8 Å². The molecule has 1 heterocycles. The Morgan fingerprint density at radius 2 is 1.83 bits per heavy atom. The van der Waals surface area contributed by atoms with Gasteiger partial charge in [0.05, 0.1) is 5.69 Å². The summed E-state index contributed by atoms with van der Waals surface area (Å²) in [6.07, 6.45) is -0.808. The summed E-state index contributed by atoms with van der Waals surface area (Å²) in [6, 6.07) is 4.92. The summed E-state index contributed by atoms with van der Waals surface area (Å²) < 4.78 is 0. The zero-order valence-corrected chi connectivity index (χ0v) is 18.5. The van der Waals surface area contributed by atoms with E-state index < -0.39 is 28.9 Å². The molecule has 0 radical (unpaired) electrons. The van der Waals surface area contributed by atoms with Crippen molar-refractivity contribution in [1.82, 2.24) is 16.2 Å². The third-order valence-corrected chi connectivity index (χ3v) is 5.72. The second-order valence-electron chi connectivity index (χ2n) is 8.88. The smallest absolute Gasteiger partial charge is 0.405 e. The molecule has 0 spiro atoms. The summed E-state index contributed by atoms with van der Waals surface area (Å²) >= 11 is 1.46. The van der Waals surface area contributed by atoms with Crippen molar-refractivity contribution in [2.75, 3.05) is 11.1 Å². The number of carboxylic acid groups (broad SMARTS) is 1. The Kier molecular flexibility index (Phi) is 7.02. The highest BCUT2D eigenvalue weighted by Gasteiger charge is 2.32. The van der Waals surface area contributed by atoms with Gasteiger partial charge >= 0.3 is 6.09 Å². The molecule has 0 unspecified atom stereocenters. The number of thioether (sulfide) groups is 1. The number of hydrogen-bond acceptors (Lipinski definition) is 5. The van der Waals surface area contributed by atoms with Gasteiger partial charge in [-0.2, -0.15) is 0 Å². The first-order valence-electron chi connectivity index (χ1n) is 9.48. The molecule has 1 aliphatic heterocycles. The molecule has 9 nitrogen and oxygen atoms in total. The van der Waals surface area contributed by atoms with Crippen LogP contribution in [0.1, 0.15) is 51.4 Å². The third kappa shape index (κ3) is 6.38. The summed E-state index contributed by atoms with van der Waals surface area (Å²) in [5.74, 6) is -0.985. The van der Waals surface area contributed by atoms with Gasteiger partial charge in [0.15, 0.2) is 0 Å².